The summed E-state index contributed by atoms with van der Waals surface area (Å²) in [6, 6.07) is 16.9. The number of carbonyl (C=O) groups is 2. The van der Waals surface area contributed by atoms with Crippen molar-refractivity contribution in [2.45, 2.75) is 19.5 Å². The van der Waals surface area contributed by atoms with Gasteiger partial charge in [0.1, 0.15) is 23.9 Å². The van der Waals surface area contributed by atoms with E-state index in [1.807, 2.05) is 19.1 Å². The number of ether oxygens (including phenoxy) is 1. The zero-order valence-corrected chi connectivity index (χ0v) is 17.7. The molecular weight excluding hydrogens is 406 g/mol. The lowest BCUT2D eigenvalue weighted by Crippen LogP contribution is -2.29. The molecule has 0 radical (unpaired) electrons. The molecule has 2 aromatic carbocycles. The number of likely N-dealkylation sites (tertiary alicyclic amines) is 1. The van der Waals surface area contributed by atoms with Crippen LogP contribution in [-0.4, -0.2) is 28.3 Å². The number of Topliss-reactive ketones (excluding diaryl/α,β-unsaturated/α-hetero) is 1. The smallest absolute Gasteiger partial charge is 0.296 e. The standard InChI is InChI=1S/C26H23NO5/c1-3-14-31-20-12-10-18(11-13-20)23-22(24(28)19-8-6-17(2)7-9-19)25(29)26(30)27(23)16-21-5-4-15-32-21/h3-13,15,23,28H,1,14,16H2,2H3. The molecule has 1 N–H and O–H groups in total. The maximum Gasteiger partial charge on any atom is 0.296 e. The fraction of sp³-hybridized carbons (Fsp3) is 0.154. The first kappa shape index (κ1) is 21.2. The number of aliphatic hydroxyl groups excluding tert-OH is 1. The molecule has 1 atom stereocenters. The Balaban J connectivity index is 1.80. The molecule has 6 heteroatoms. The Kier molecular flexibility index (Phi) is 5.94. The van der Waals surface area contributed by atoms with Crippen LogP contribution in [0, 0.1) is 6.92 Å². The highest BCUT2D eigenvalue weighted by Gasteiger charge is 2.46. The van der Waals surface area contributed by atoms with Gasteiger partial charge in [-0.2, -0.15) is 0 Å². The van der Waals surface area contributed by atoms with E-state index in [1.165, 1.54) is 11.2 Å². The van der Waals surface area contributed by atoms with E-state index in [1.54, 1.807) is 54.6 Å². The third-order valence-electron chi connectivity index (χ3n) is 5.33. The molecule has 3 aromatic rings. The first-order valence-electron chi connectivity index (χ1n) is 10.2. The molecule has 4 rings (SSSR count). The van der Waals surface area contributed by atoms with Gasteiger partial charge >= 0.3 is 0 Å². The van der Waals surface area contributed by atoms with Crippen molar-refractivity contribution in [3.8, 4) is 5.75 Å². The van der Waals surface area contributed by atoms with E-state index in [9.17, 15) is 14.7 Å². The fourth-order valence-corrected chi connectivity index (χ4v) is 3.73. The van der Waals surface area contributed by atoms with Crippen molar-refractivity contribution in [3.05, 3.63) is 108 Å². The number of benzene rings is 2. The molecule has 1 aliphatic rings. The molecular formula is C26H23NO5. The summed E-state index contributed by atoms with van der Waals surface area (Å²) in [5, 5.41) is 11.1. The zero-order valence-electron chi connectivity index (χ0n) is 17.7. The van der Waals surface area contributed by atoms with E-state index in [0.29, 0.717) is 29.2 Å². The lowest BCUT2D eigenvalue weighted by atomic mass is 9.95. The number of amides is 1. The minimum atomic E-state index is -0.769. The van der Waals surface area contributed by atoms with Crippen LogP contribution in [0.5, 0.6) is 5.75 Å². The molecule has 1 saturated heterocycles. The van der Waals surface area contributed by atoms with Gasteiger partial charge in [-0.25, -0.2) is 0 Å². The van der Waals surface area contributed by atoms with E-state index < -0.39 is 17.7 Å². The van der Waals surface area contributed by atoms with Crippen LogP contribution in [0.1, 0.15) is 28.5 Å². The van der Waals surface area contributed by atoms with Gasteiger partial charge < -0.3 is 19.2 Å². The molecule has 0 bridgehead atoms. The van der Waals surface area contributed by atoms with Crippen molar-refractivity contribution >= 4 is 17.4 Å². The third-order valence-corrected chi connectivity index (χ3v) is 5.33. The fourth-order valence-electron chi connectivity index (χ4n) is 3.73. The highest BCUT2D eigenvalue weighted by atomic mass is 16.5. The topological polar surface area (TPSA) is 80.0 Å². The summed E-state index contributed by atoms with van der Waals surface area (Å²) >= 11 is 0. The molecule has 0 aliphatic carbocycles. The molecule has 162 valence electrons. The second kappa shape index (κ2) is 8.98. The Bertz CT molecular complexity index is 1160. The molecule has 32 heavy (non-hydrogen) atoms. The second-order valence-electron chi connectivity index (χ2n) is 7.54. The number of aryl methyl sites for hydroxylation is 1. The molecule has 1 amide bonds. The van der Waals surface area contributed by atoms with E-state index in [2.05, 4.69) is 6.58 Å². The van der Waals surface area contributed by atoms with Gasteiger partial charge in [0.2, 0.25) is 0 Å². The number of rotatable bonds is 7. The predicted molar refractivity (Wildman–Crippen MR) is 120 cm³/mol. The van der Waals surface area contributed by atoms with Crippen molar-refractivity contribution in [2.75, 3.05) is 6.61 Å². The summed E-state index contributed by atoms with van der Waals surface area (Å²) in [6.45, 7) is 6.03. The molecule has 1 aliphatic heterocycles. The molecule has 0 saturated carbocycles. The summed E-state index contributed by atoms with van der Waals surface area (Å²) in [5.41, 5.74) is 2.22. The third kappa shape index (κ3) is 4.07. The van der Waals surface area contributed by atoms with Crippen LogP contribution in [0.3, 0.4) is 0 Å². The Morgan fingerprint density at radius 2 is 1.84 bits per heavy atom. The molecule has 1 fully saturated rings. The average molecular weight is 429 g/mol. The van der Waals surface area contributed by atoms with Gasteiger partial charge in [-0.15, -0.1) is 0 Å². The predicted octanol–water partition coefficient (Wildman–Crippen LogP) is 4.77. The summed E-state index contributed by atoms with van der Waals surface area (Å²) < 4.78 is 10.9. The van der Waals surface area contributed by atoms with Crippen LogP contribution in [0.4, 0.5) is 0 Å². The zero-order chi connectivity index (χ0) is 22.7. The van der Waals surface area contributed by atoms with Gasteiger partial charge in [0.25, 0.3) is 11.7 Å². The number of aliphatic hydroxyl groups is 1. The van der Waals surface area contributed by atoms with Crippen molar-refractivity contribution < 1.29 is 23.8 Å². The van der Waals surface area contributed by atoms with Crippen LogP contribution in [0.15, 0.2) is 89.6 Å². The summed E-state index contributed by atoms with van der Waals surface area (Å²) in [4.78, 5) is 27.4. The summed E-state index contributed by atoms with van der Waals surface area (Å²) in [5.74, 6) is -0.450. The van der Waals surface area contributed by atoms with Gasteiger partial charge in [-0.3, -0.25) is 9.59 Å². The summed E-state index contributed by atoms with van der Waals surface area (Å²) in [6.07, 6.45) is 3.16. The monoisotopic (exact) mass is 429 g/mol. The van der Waals surface area contributed by atoms with E-state index in [-0.39, 0.29) is 17.9 Å². The Labute approximate surface area is 186 Å². The largest absolute Gasteiger partial charge is 0.507 e. The lowest BCUT2D eigenvalue weighted by molar-refractivity contribution is -0.140. The van der Waals surface area contributed by atoms with E-state index in [0.717, 1.165) is 5.56 Å². The molecule has 1 aromatic heterocycles. The number of ketones is 1. The van der Waals surface area contributed by atoms with Crippen molar-refractivity contribution in [1.82, 2.24) is 4.90 Å². The van der Waals surface area contributed by atoms with Gasteiger partial charge in [0, 0.05) is 5.56 Å². The average Bonchev–Trinajstić information content (AvgIpc) is 3.40. The SMILES string of the molecule is C=CCOc1ccc(C2C(=C(O)c3ccc(C)cc3)C(=O)C(=O)N2Cc2ccco2)cc1. The number of furan rings is 1. The van der Waals surface area contributed by atoms with Gasteiger partial charge in [0.15, 0.2) is 0 Å². The van der Waals surface area contributed by atoms with Crippen LogP contribution in [0.2, 0.25) is 0 Å². The van der Waals surface area contributed by atoms with Gasteiger partial charge in [0.05, 0.1) is 24.4 Å². The van der Waals surface area contributed by atoms with E-state index >= 15 is 0 Å². The second-order valence-corrected chi connectivity index (χ2v) is 7.54. The molecule has 0 spiro atoms. The highest BCUT2D eigenvalue weighted by molar-refractivity contribution is 6.46. The van der Waals surface area contributed by atoms with Crippen molar-refractivity contribution in [3.63, 3.8) is 0 Å². The Morgan fingerprint density at radius 1 is 1.12 bits per heavy atom. The van der Waals surface area contributed by atoms with Crippen LogP contribution < -0.4 is 4.74 Å². The highest BCUT2D eigenvalue weighted by Crippen LogP contribution is 2.40. The van der Waals surface area contributed by atoms with Gasteiger partial charge in [-0.1, -0.05) is 54.6 Å². The Morgan fingerprint density at radius 3 is 2.47 bits per heavy atom. The molecule has 6 nitrogen and oxygen atoms in total. The number of carbonyl (C=O) groups excluding carboxylic acids is 2. The first-order valence-corrected chi connectivity index (χ1v) is 10.2. The van der Waals surface area contributed by atoms with E-state index in [4.69, 9.17) is 9.15 Å². The molecule has 1 unspecified atom stereocenters. The lowest BCUT2D eigenvalue weighted by Gasteiger charge is -2.24. The maximum atomic E-state index is 13.0. The van der Waals surface area contributed by atoms with Crippen LogP contribution in [0.25, 0.3) is 5.76 Å². The van der Waals surface area contributed by atoms with Crippen molar-refractivity contribution in [2.24, 2.45) is 0 Å². The summed E-state index contributed by atoms with van der Waals surface area (Å²) in [7, 11) is 0. The minimum absolute atomic E-state index is 0.0465. The van der Waals surface area contributed by atoms with Gasteiger partial charge in [-0.05, 0) is 36.8 Å². The number of hydrogen-bond acceptors (Lipinski definition) is 5. The van der Waals surface area contributed by atoms with Crippen molar-refractivity contribution in [1.29, 1.82) is 0 Å². The quantitative estimate of drug-likeness (QED) is 0.253. The first-order chi connectivity index (χ1) is 15.5. The normalized spacial score (nSPS) is 17.5. The Hall–Kier alpha value is -4.06. The number of nitrogens with zero attached hydrogens (tertiary/aromatic N) is 1. The maximum absolute atomic E-state index is 13.0. The molecule has 2 heterocycles. The van der Waals surface area contributed by atoms with Crippen LogP contribution >= 0.6 is 0 Å². The van der Waals surface area contributed by atoms with Crippen LogP contribution in [-0.2, 0) is 16.1 Å². The number of hydrogen-bond donors (Lipinski definition) is 1. The minimum Gasteiger partial charge on any atom is -0.507 e.